The number of rotatable bonds is 5. The Balaban J connectivity index is 1.90. The van der Waals surface area contributed by atoms with Gasteiger partial charge >= 0.3 is 0 Å². The third-order valence-electron chi connectivity index (χ3n) is 3.02. The summed E-state index contributed by atoms with van der Waals surface area (Å²) in [5, 5.41) is 3.20. The molecule has 0 bridgehead atoms. The molecule has 104 valence electrons. The molecule has 19 heavy (non-hydrogen) atoms. The molecule has 0 atom stereocenters. The zero-order valence-electron chi connectivity index (χ0n) is 10.5. The van der Waals surface area contributed by atoms with Gasteiger partial charge in [0.2, 0.25) is 10.0 Å². The van der Waals surface area contributed by atoms with Crippen LogP contribution in [0.15, 0.2) is 40.8 Å². The van der Waals surface area contributed by atoms with E-state index in [0.29, 0.717) is 13.0 Å². The van der Waals surface area contributed by atoms with E-state index in [1.807, 2.05) is 0 Å². The standard InChI is InChI=1S/C13H17FN2O2S/c14-12-1-3-13(4-2-12)19(17,18)16-10-7-11-5-8-15-9-6-11/h1-5,15-16H,6-10H2. The number of benzene rings is 1. The van der Waals surface area contributed by atoms with E-state index >= 15 is 0 Å². The molecule has 0 aromatic heterocycles. The van der Waals surface area contributed by atoms with Crippen molar-refractivity contribution in [2.45, 2.75) is 17.7 Å². The first-order valence-corrected chi connectivity index (χ1v) is 7.70. The fraction of sp³-hybridized carbons (Fsp3) is 0.385. The maximum atomic E-state index is 12.7. The lowest BCUT2D eigenvalue weighted by Gasteiger charge is -2.14. The summed E-state index contributed by atoms with van der Waals surface area (Å²) in [6.07, 6.45) is 3.76. The molecule has 1 aliphatic heterocycles. The summed E-state index contributed by atoms with van der Waals surface area (Å²) in [4.78, 5) is 0.0909. The monoisotopic (exact) mass is 284 g/mol. The van der Waals surface area contributed by atoms with Crippen molar-refractivity contribution in [3.05, 3.63) is 41.7 Å². The minimum atomic E-state index is -3.54. The molecule has 4 nitrogen and oxygen atoms in total. The molecule has 1 aliphatic rings. The molecular weight excluding hydrogens is 267 g/mol. The Labute approximate surface area is 112 Å². The molecule has 0 unspecified atom stereocenters. The number of halogens is 1. The van der Waals surface area contributed by atoms with Crippen LogP contribution in [0.25, 0.3) is 0 Å². The fourth-order valence-corrected chi connectivity index (χ4v) is 2.97. The van der Waals surface area contributed by atoms with E-state index in [4.69, 9.17) is 0 Å². The lowest BCUT2D eigenvalue weighted by molar-refractivity contribution is 0.579. The highest BCUT2D eigenvalue weighted by molar-refractivity contribution is 7.89. The molecule has 0 spiro atoms. The van der Waals surface area contributed by atoms with Gasteiger partial charge in [-0.25, -0.2) is 17.5 Å². The second-order valence-corrected chi connectivity index (χ2v) is 6.19. The van der Waals surface area contributed by atoms with Crippen LogP contribution in [0.2, 0.25) is 0 Å². The number of hydrogen-bond acceptors (Lipinski definition) is 3. The van der Waals surface area contributed by atoms with Crippen molar-refractivity contribution in [3.63, 3.8) is 0 Å². The van der Waals surface area contributed by atoms with Crippen molar-refractivity contribution in [3.8, 4) is 0 Å². The molecule has 1 heterocycles. The normalized spacial score (nSPS) is 16.2. The van der Waals surface area contributed by atoms with Crippen LogP contribution in [0.4, 0.5) is 4.39 Å². The van der Waals surface area contributed by atoms with Crippen molar-refractivity contribution in [1.82, 2.24) is 10.0 Å². The van der Waals surface area contributed by atoms with E-state index in [-0.39, 0.29) is 4.90 Å². The molecule has 0 amide bonds. The first kappa shape index (κ1) is 14.2. The minimum Gasteiger partial charge on any atom is -0.313 e. The molecule has 1 aromatic rings. The highest BCUT2D eigenvalue weighted by Gasteiger charge is 2.13. The van der Waals surface area contributed by atoms with Crippen molar-refractivity contribution >= 4 is 10.0 Å². The first-order chi connectivity index (χ1) is 9.08. The van der Waals surface area contributed by atoms with Gasteiger partial charge in [0.25, 0.3) is 0 Å². The van der Waals surface area contributed by atoms with E-state index in [2.05, 4.69) is 16.1 Å². The first-order valence-electron chi connectivity index (χ1n) is 6.22. The van der Waals surface area contributed by atoms with Gasteiger partial charge in [-0.3, -0.25) is 0 Å². The minimum absolute atomic E-state index is 0.0909. The van der Waals surface area contributed by atoms with Crippen molar-refractivity contribution in [2.24, 2.45) is 0 Å². The van der Waals surface area contributed by atoms with Gasteiger partial charge in [-0.15, -0.1) is 0 Å². The maximum absolute atomic E-state index is 12.7. The third-order valence-corrected chi connectivity index (χ3v) is 4.50. The Hall–Kier alpha value is -1.24. The third kappa shape index (κ3) is 4.12. The Morgan fingerprint density at radius 2 is 2.00 bits per heavy atom. The summed E-state index contributed by atoms with van der Waals surface area (Å²) in [7, 11) is -3.54. The van der Waals surface area contributed by atoms with E-state index in [9.17, 15) is 12.8 Å². The van der Waals surface area contributed by atoms with Crippen LogP contribution in [-0.4, -0.2) is 28.1 Å². The Morgan fingerprint density at radius 3 is 2.63 bits per heavy atom. The van der Waals surface area contributed by atoms with E-state index in [0.717, 1.165) is 31.6 Å². The number of hydrogen-bond donors (Lipinski definition) is 2. The molecule has 0 aliphatic carbocycles. The molecule has 2 rings (SSSR count). The molecule has 0 saturated heterocycles. The van der Waals surface area contributed by atoms with Gasteiger partial charge in [0.1, 0.15) is 5.82 Å². The van der Waals surface area contributed by atoms with Gasteiger partial charge in [0.05, 0.1) is 4.90 Å². The summed E-state index contributed by atoms with van der Waals surface area (Å²) in [6, 6.07) is 4.82. The molecular formula is C13H17FN2O2S. The van der Waals surface area contributed by atoms with Gasteiger partial charge in [0, 0.05) is 13.1 Å². The highest BCUT2D eigenvalue weighted by atomic mass is 32.2. The smallest absolute Gasteiger partial charge is 0.240 e. The van der Waals surface area contributed by atoms with Gasteiger partial charge in [-0.1, -0.05) is 11.6 Å². The predicted molar refractivity (Wildman–Crippen MR) is 71.8 cm³/mol. The largest absolute Gasteiger partial charge is 0.313 e. The van der Waals surface area contributed by atoms with Gasteiger partial charge in [0.15, 0.2) is 0 Å². The molecule has 2 N–H and O–H groups in total. The molecule has 0 fully saturated rings. The van der Waals surface area contributed by atoms with Crippen LogP contribution >= 0.6 is 0 Å². The lowest BCUT2D eigenvalue weighted by Crippen LogP contribution is -2.26. The van der Waals surface area contributed by atoms with Crippen molar-refractivity contribution in [2.75, 3.05) is 19.6 Å². The summed E-state index contributed by atoms with van der Waals surface area (Å²) in [5.74, 6) is -0.446. The molecule has 0 radical (unpaired) electrons. The Morgan fingerprint density at radius 1 is 1.26 bits per heavy atom. The zero-order valence-corrected chi connectivity index (χ0v) is 11.3. The van der Waals surface area contributed by atoms with Gasteiger partial charge in [-0.05, 0) is 43.7 Å². The quantitative estimate of drug-likeness (QED) is 0.804. The van der Waals surface area contributed by atoms with Crippen LogP contribution in [-0.2, 0) is 10.0 Å². The zero-order chi connectivity index (χ0) is 13.7. The van der Waals surface area contributed by atoms with Crippen LogP contribution in [0, 0.1) is 5.82 Å². The average molecular weight is 284 g/mol. The Kier molecular flexibility index (Phi) is 4.68. The topological polar surface area (TPSA) is 58.2 Å². The van der Waals surface area contributed by atoms with E-state index in [1.165, 1.54) is 17.7 Å². The van der Waals surface area contributed by atoms with Gasteiger partial charge in [-0.2, -0.15) is 0 Å². The fourth-order valence-electron chi connectivity index (χ4n) is 1.94. The maximum Gasteiger partial charge on any atom is 0.240 e. The van der Waals surface area contributed by atoms with Crippen LogP contribution in [0.5, 0.6) is 0 Å². The van der Waals surface area contributed by atoms with Crippen LogP contribution < -0.4 is 10.0 Å². The van der Waals surface area contributed by atoms with Crippen molar-refractivity contribution in [1.29, 1.82) is 0 Å². The summed E-state index contributed by atoms with van der Waals surface area (Å²) in [6.45, 7) is 2.15. The van der Waals surface area contributed by atoms with E-state index < -0.39 is 15.8 Å². The average Bonchev–Trinajstić information content (AvgIpc) is 2.40. The second-order valence-electron chi connectivity index (χ2n) is 4.42. The highest BCUT2D eigenvalue weighted by Crippen LogP contribution is 2.11. The summed E-state index contributed by atoms with van der Waals surface area (Å²) in [5.41, 5.74) is 1.26. The van der Waals surface area contributed by atoms with Crippen molar-refractivity contribution < 1.29 is 12.8 Å². The predicted octanol–water partition coefficient (Wildman–Crippen LogP) is 1.41. The SMILES string of the molecule is O=S(=O)(NCCC1=CCNCC1)c1ccc(F)cc1. The Bertz CT molecular complexity index is 553. The summed E-state index contributed by atoms with van der Waals surface area (Å²) < 4.78 is 39.1. The van der Waals surface area contributed by atoms with E-state index in [1.54, 1.807) is 0 Å². The molecule has 6 heteroatoms. The lowest BCUT2D eigenvalue weighted by atomic mass is 10.1. The van der Waals surface area contributed by atoms with Crippen LogP contribution in [0.3, 0.4) is 0 Å². The molecule has 0 saturated carbocycles. The van der Waals surface area contributed by atoms with Crippen LogP contribution in [0.1, 0.15) is 12.8 Å². The second kappa shape index (κ2) is 6.27. The number of sulfonamides is 1. The molecule has 1 aromatic carbocycles. The summed E-state index contributed by atoms with van der Waals surface area (Å²) >= 11 is 0. The number of nitrogens with one attached hydrogen (secondary N) is 2. The van der Waals surface area contributed by atoms with Gasteiger partial charge < -0.3 is 5.32 Å².